The van der Waals surface area contributed by atoms with Gasteiger partial charge in [-0.15, -0.1) is 11.3 Å². The molecule has 2 N–H and O–H groups in total. The molecule has 0 bridgehead atoms. The maximum absolute atomic E-state index is 13.0. The van der Waals surface area contributed by atoms with Crippen LogP contribution >= 0.6 is 22.9 Å². The average molecular weight is 269 g/mol. The van der Waals surface area contributed by atoms with Gasteiger partial charge in [0.25, 0.3) is 0 Å². The third-order valence-corrected chi connectivity index (χ3v) is 4.14. The van der Waals surface area contributed by atoms with Crippen LogP contribution in [0.3, 0.4) is 0 Å². The molecule has 0 atom stereocenters. The number of halogens is 2. The Kier molecular flexibility index (Phi) is 2.56. The lowest BCUT2D eigenvalue weighted by molar-refractivity contribution is 0.628. The Morgan fingerprint density at radius 3 is 2.82 bits per heavy atom. The number of nitrogens with zero attached hydrogens (tertiary/aromatic N) is 1. The summed E-state index contributed by atoms with van der Waals surface area (Å²) in [5.74, 6) is 0.213. The van der Waals surface area contributed by atoms with E-state index in [4.69, 9.17) is 17.3 Å². The Morgan fingerprint density at radius 1 is 1.41 bits per heavy atom. The van der Waals surface area contributed by atoms with Gasteiger partial charge in [0.05, 0.1) is 10.0 Å². The monoisotopic (exact) mass is 268 g/mol. The molecular formula is C12H10ClFN2S. The van der Waals surface area contributed by atoms with E-state index in [1.807, 2.05) is 0 Å². The lowest BCUT2D eigenvalue weighted by Gasteiger charge is -2.01. The predicted molar refractivity (Wildman–Crippen MR) is 68.9 cm³/mol. The first-order chi connectivity index (χ1) is 8.15. The zero-order valence-electron chi connectivity index (χ0n) is 8.91. The van der Waals surface area contributed by atoms with Crippen molar-refractivity contribution >= 4 is 27.9 Å². The molecule has 2 aromatic rings. The van der Waals surface area contributed by atoms with Crippen molar-refractivity contribution in [3.8, 4) is 11.3 Å². The number of nitrogens with two attached hydrogens (primary N) is 1. The summed E-state index contributed by atoms with van der Waals surface area (Å²) < 4.78 is 13.0. The normalized spacial score (nSPS) is 15.2. The molecule has 0 unspecified atom stereocenters. The Balaban J connectivity index is 2.07. The maximum atomic E-state index is 13.0. The fraction of sp³-hybridized carbons (Fsp3) is 0.250. The second-order valence-electron chi connectivity index (χ2n) is 4.16. The van der Waals surface area contributed by atoms with Crippen molar-refractivity contribution in [3.63, 3.8) is 0 Å². The summed E-state index contributed by atoms with van der Waals surface area (Å²) in [5, 5.41) is 2.07. The Labute approximate surface area is 107 Å². The molecular weight excluding hydrogens is 259 g/mol. The molecule has 1 aromatic heterocycles. The third kappa shape index (κ3) is 2.03. The topological polar surface area (TPSA) is 38.9 Å². The molecule has 17 heavy (non-hydrogen) atoms. The van der Waals surface area contributed by atoms with E-state index in [2.05, 4.69) is 4.98 Å². The molecule has 1 fully saturated rings. The summed E-state index contributed by atoms with van der Waals surface area (Å²) in [7, 11) is 0. The van der Waals surface area contributed by atoms with Crippen molar-refractivity contribution in [1.29, 1.82) is 0 Å². The second-order valence-corrected chi connectivity index (χ2v) is 5.63. The first kappa shape index (κ1) is 11.0. The Morgan fingerprint density at radius 2 is 2.18 bits per heavy atom. The van der Waals surface area contributed by atoms with Crippen molar-refractivity contribution in [3.05, 3.63) is 34.0 Å². The number of rotatable bonds is 2. The highest BCUT2D eigenvalue weighted by Gasteiger charge is 2.28. The quantitative estimate of drug-likeness (QED) is 0.892. The molecule has 5 heteroatoms. The molecule has 1 aliphatic rings. The summed E-state index contributed by atoms with van der Waals surface area (Å²) in [6.45, 7) is 0. The molecule has 0 saturated heterocycles. The lowest BCUT2D eigenvalue weighted by Crippen LogP contribution is -1.88. The Bertz CT molecular complexity index is 578. The van der Waals surface area contributed by atoms with Crippen LogP contribution in [-0.4, -0.2) is 4.98 Å². The highest BCUT2D eigenvalue weighted by atomic mass is 35.5. The molecule has 1 aliphatic carbocycles. The number of anilines is 1. The summed E-state index contributed by atoms with van der Waals surface area (Å²) in [6.07, 6.45) is 2.37. The zero-order valence-corrected chi connectivity index (χ0v) is 10.5. The second kappa shape index (κ2) is 3.96. The number of thiazole rings is 1. The van der Waals surface area contributed by atoms with E-state index in [9.17, 15) is 4.39 Å². The van der Waals surface area contributed by atoms with Gasteiger partial charge in [-0.1, -0.05) is 11.6 Å². The summed E-state index contributed by atoms with van der Waals surface area (Å²) in [5.41, 5.74) is 7.33. The molecule has 88 valence electrons. The number of nitrogen functional groups attached to an aromatic ring is 1. The van der Waals surface area contributed by atoms with Crippen LogP contribution < -0.4 is 5.73 Å². The van der Waals surface area contributed by atoms with Crippen LogP contribution in [0.1, 0.15) is 23.8 Å². The average Bonchev–Trinajstić information content (AvgIpc) is 3.04. The minimum Gasteiger partial charge on any atom is -0.389 e. The van der Waals surface area contributed by atoms with Crippen molar-refractivity contribution in [1.82, 2.24) is 4.98 Å². The predicted octanol–water partition coefficient (Wildman–Crippen LogP) is 4.06. The maximum Gasteiger partial charge on any atom is 0.124 e. The van der Waals surface area contributed by atoms with Gasteiger partial charge in [-0.25, -0.2) is 9.37 Å². The standard InChI is InChI=1S/C12H10ClFN2S/c13-9-5-7(14)3-4-8(9)10-11(15)17-12(16-10)6-1-2-6/h3-6H,1-2,15H2. The highest BCUT2D eigenvalue weighted by Crippen LogP contribution is 2.45. The van der Waals surface area contributed by atoms with Gasteiger partial charge in [-0.3, -0.25) is 0 Å². The summed E-state index contributed by atoms with van der Waals surface area (Å²) in [4.78, 5) is 4.52. The van der Waals surface area contributed by atoms with Gasteiger partial charge < -0.3 is 5.73 Å². The van der Waals surface area contributed by atoms with Crippen LogP contribution in [0.2, 0.25) is 5.02 Å². The fourth-order valence-electron chi connectivity index (χ4n) is 1.73. The van der Waals surface area contributed by atoms with E-state index in [0.29, 0.717) is 27.2 Å². The van der Waals surface area contributed by atoms with Crippen LogP contribution in [0.15, 0.2) is 18.2 Å². The highest BCUT2D eigenvalue weighted by molar-refractivity contribution is 7.16. The van der Waals surface area contributed by atoms with E-state index in [0.717, 1.165) is 5.01 Å². The van der Waals surface area contributed by atoms with Crippen LogP contribution in [0.5, 0.6) is 0 Å². The Hall–Kier alpha value is -1.13. The first-order valence-electron chi connectivity index (χ1n) is 5.37. The molecule has 2 nitrogen and oxygen atoms in total. The molecule has 1 aromatic carbocycles. The number of hydrogen-bond acceptors (Lipinski definition) is 3. The van der Waals surface area contributed by atoms with Crippen molar-refractivity contribution in [2.75, 3.05) is 5.73 Å². The lowest BCUT2D eigenvalue weighted by atomic mass is 10.1. The van der Waals surface area contributed by atoms with Crippen molar-refractivity contribution < 1.29 is 4.39 Å². The van der Waals surface area contributed by atoms with Crippen molar-refractivity contribution in [2.45, 2.75) is 18.8 Å². The smallest absolute Gasteiger partial charge is 0.124 e. The molecule has 0 spiro atoms. The summed E-state index contributed by atoms with van der Waals surface area (Å²) in [6, 6.07) is 4.28. The zero-order chi connectivity index (χ0) is 12.0. The summed E-state index contributed by atoms with van der Waals surface area (Å²) >= 11 is 7.52. The molecule has 0 aliphatic heterocycles. The van der Waals surface area contributed by atoms with E-state index in [-0.39, 0.29) is 5.82 Å². The van der Waals surface area contributed by atoms with Crippen LogP contribution in [0, 0.1) is 5.82 Å². The minimum absolute atomic E-state index is 0.351. The van der Waals surface area contributed by atoms with Gasteiger partial charge in [0.1, 0.15) is 16.5 Å². The molecule has 1 saturated carbocycles. The van der Waals surface area contributed by atoms with Gasteiger partial charge in [-0.2, -0.15) is 0 Å². The van der Waals surface area contributed by atoms with Crippen LogP contribution in [0.25, 0.3) is 11.3 Å². The molecule has 3 rings (SSSR count). The largest absolute Gasteiger partial charge is 0.389 e. The molecule has 0 amide bonds. The van der Waals surface area contributed by atoms with Gasteiger partial charge in [0.2, 0.25) is 0 Å². The fourth-order valence-corrected chi connectivity index (χ4v) is 3.00. The van der Waals surface area contributed by atoms with Gasteiger partial charge in [0, 0.05) is 11.5 Å². The van der Waals surface area contributed by atoms with Crippen LogP contribution in [0.4, 0.5) is 9.39 Å². The third-order valence-electron chi connectivity index (χ3n) is 2.78. The number of hydrogen-bond donors (Lipinski definition) is 1. The van der Waals surface area contributed by atoms with Crippen molar-refractivity contribution in [2.24, 2.45) is 0 Å². The van der Waals surface area contributed by atoms with E-state index in [1.54, 1.807) is 6.07 Å². The molecule has 0 radical (unpaired) electrons. The number of benzene rings is 1. The van der Waals surface area contributed by atoms with E-state index in [1.165, 1.54) is 36.3 Å². The van der Waals surface area contributed by atoms with E-state index >= 15 is 0 Å². The van der Waals surface area contributed by atoms with Crippen LogP contribution in [-0.2, 0) is 0 Å². The number of aromatic nitrogens is 1. The van der Waals surface area contributed by atoms with Gasteiger partial charge >= 0.3 is 0 Å². The SMILES string of the molecule is Nc1sc(C2CC2)nc1-c1ccc(F)cc1Cl. The molecule has 1 heterocycles. The minimum atomic E-state index is -0.352. The van der Waals surface area contributed by atoms with Gasteiger partial charge in [0.15, 0.2) is 0 Å². The van der Waals surface area contributed by atoms with Gasteiger partial charge in [-0.05, 0) is 31.0 Å². The first-order valence-corrected chi connectivity index (χ1v) is 6.56. The van der Waals surface area contributed by atoms with E-state index < -0.39 is 0 Å².